The minimum absolute atomic E-state index is 0.129. The maximum absolute atomic E-state index is 12.2. The van der Waals surface area contributed by atoms with Crippen molar-refractivity contribution in [3.8, 4) is 11.4 Å². The fraction of sp³-hybridized carbons (Fsp3) is 0.222. The first kappa shape index (κ1) is 19.2. The van der Waals surface area contributed by atoms with Crippen LogP contribution in [0.5, 0.6) is 0 Å². The van der Waals surface area contributed by atoms with Crippen molar-refractivity contribution in [2.75, 3.05) is 11.1 Å². The Morgan fingerprint density at radius 1 is 1.33 bits per heavy atom. The first-order valence-electron chi connectivity index (χ1n) is 8.36. The van der Waals surface area contributed by atoms with Crippen LogP contribution in [0.4, 0.5) is 5.69 Å². The number of amides is 1. The molecule has 140 valence electrons. The van der Waals surface area contributed by atoms with Gasteiger partial charge in [0.15, 0.2) is 11.0 Å². The molecular formula is C18H19ClN6OS. The van der Waals surface area contributed by atoms with E-state index < -0.39 is 0 Å². The Morgan fingerprint density at radius 3 is 2.78 bits per heavy atom. The summed E-state index contributed by atoms with van der Waals surface area (Å²) in [6, 6.07) is 6.98. The molecule has 0 aliphatic rings. The largest absolute Gasteiger partial charge is 0.325 e. The van der Waals surface area contributed by atoms with Crippen LogP contribution in [0.3, 0.4) is 0 Å². The Kier molecular flexibility index (Phi) is 6.31. The highest BCUT2D eigenvalue weighted by Gasteiger charge is 2.16. The van der Waals surface area contributed by atoms with Gasteiger partial charge in [-0.25, -0.2) is 0 Å². The number of aromatic nitrogens is 5. The van der Waals surface area contributed by atoms with E-state index in [1.54, 1.807) is 36.5 Å². The van der Waals surface area contributed by atoms with E-state index >= 15 is 0 Å². The molecule has 0 spiro atoms. The molecule has 0 unspecified atom stereocenters. The second-order valence-electron chi connectivity index (χ2n) is 5.63. The lowest BCUT2D eigenvalue weighted by Gasteiger charge is -2.07. The number of carbonyl (C=O) groups excluding carboxylic acids is 1. The molecule has 0 atom stereocenters. The lowest BCUT2D eigenvalue weighted by molar-refractivity contribution is -0.113. The number of thioether (sulfide) groups is 1. The summed E-state index contributed by atoms with van der Waals surface area (Å²) in [5.74, 6) is 0.789. The van der Waals surface area contributed by atoms with E-state index in [-0.39, 0.29) is 11.7 Å². The third-order valence-electron chi connectivity index (χ3n) is 3.70. The number of hydrogen-bond donors (Lipinski definition) is 1. The van der Waals surface area contributed by atoms with Gasteiger partial charge in [0, 0.05) is 30.0 Å². The molecule has 0 fully saturated rings. The fourth-order valence-electron chi connectivity index (χ4n) is 2.42. The van der Waals surface area contributed by atoms with Crippen LogP contribution in [-0.4, -0.2) is 36.2 Å². The van der Waals surface area contributed by atoms with Gasteiger partial charge in [-0.3, -0.25) is 14.0 Å². The highest BCUT2D eigenvalue weighted by atomic mass is 35.5. The lowest BCUT2D eigenvalue weighted by Crippen LogP contribution is -2.14. The molecule has 1 N–H and O–H groups in total. The average molecular weight is 403 g/mol. The van der Waals surface area contributed by atoms with E-state index in [1.807, 2.05) is 22.4 Å². The molecule has 2 heterocycles. The summed E-state index contributed by atoms with van der Waals surface area (Å²) in [7, 11) is 0. The Bertz CT molecular complexity index is 934. The summed E-state index contributed by atoms with van der Waals surface area (Å²) in [5.41, 5.74) is 1.58. The standard InChI is InChI=1S/C18H19ClN6OS/c1-3-9-25-17(13-10-20-24(4-2)11-13)22-23-18(25)27-12-16(26)21-15-7-5-14(19)6-8-15/h3,5-8,10-11H,1,4,9,12H2,2H3,(H,21,26). The smallest absolute Gasteiger partial charge is 0.234 e. The average Bonchev–Trinajstić information content (AvgIpc) is 3.29. The molecule has 9 heteroatoms. The van der Waals surface area contributed by atoms with Gasteiger partial charge in [-0.05, 0) is 31.2 Å². The Hall–Kier alpha value is -2.58. The number of nitrogens with one attached hydrogen (secondary N) is 1. The van der Waals surface area contributed by atoms with Gasteiger partial charge in [0.25, 0.3) is 0 Å². The lowest BCUT2D eigenvalue weighted by atomic mass is 10.3. The summed E-state index contributed by atoms with van der Waals surface area (Å²) in [6.45, 7) is 7.14. The number of allylic oxidation sites excluding steroid dienone is 1. The molecule has 0 saturated carbocycles. The molecular weight excluding hydrogens is 384 g/mol. The van der Waals surface area contributed by atoms with Gasteiger partial charge in [-0.15, -0.1) is 16.8 Å². The van der Waals surface area contributed by atoms with Gasteiger partial charge < -0.3 is 5.32 Å². The second kappa shape index (κ2) is 8.88. The predicted octanol–water partition coefficient (Wildman–Crippen LogP) is 3.73. The van der Waals surface area contributed by atoms with Crippen molar-refractivity contribution in [3.05, 3.63) is 54.3 Å². The normalized spacial score (nSPS) is 10.7. The molecule has 0 aliphatic heterocycles. The predicted molar refractivity (Wildman–Crippen MR) is 108 cm³/mol. The summed E-state index contributed by atoms with van der Waals surface area (Å²) in [6.07, 6.45) is 5.45. The number of nitrogens with zero attached hydrogens (tertiary/aromatic N) is 5. The number of hydrogen-bond acceptors (Lipinski definition) is 5. The number of carbonyl (C=O) groups is 1. The molecule has 0 bridgehead atoms. The SMILES string of the molecule is C=CCn1c(SCC(=O)Nc2ccc(Cl)cc2)nnc1-c1cnn(CC)c1. The number of benzene rings is 1. The van der Waals surface area contributed by atoms with Crippen LogP contribution in [0, 0.1) is 0 Å². The first-order valence-corrected chi connectivity index (χ1v) is 9.72. The van der Waals surface area contributed by atoms with Crippen molar-refractivity contribution in [1.82, 2.24) is 24.5 Å². The van der Waals surface area contributed by atoms with E-state index in [4.69, 9.17) is 11.6 Å². The topological polar surface area (TPSA) is 77.6 Å². The number of rotatable bonds is 8. The van der Waals surface area contributed by atoms with Crippen molar-refractivity contribution in [1.29, 1.82) is 0 Å². The van der Waals surface area contributed by atoms with Gasteiger partial charge >= 0.3 is 0 Å². The molecule has 2 aromatic heterocycles. The zero-order valence-corrected chi connectivity index (χ0v) is 16.4. The number of anilines is 1. The van der Waals surface area contributed by atoms with Crippen LogP contribution in [-0.2, 0) is 17.9 Å². The van der Waals surface area contributed by atoms with Gasteiger partial charge in [0.2, 0.25) is 5.91 Å². The molecule has 1 aromatic carbocycles. The van der Waals surface area contributed by atoms with E-state index in [1.165, 1.54) is 11.8 Å². The Balaban J connectivity index is 1.69. The molecule has 3 rings (SSSR count). The number of aryl methyl sites for hydroxylation is 1. The van der Waals surface area contributed by atoms with Crippen molar-refractivity contribution >= 4 is 35.0 Å². The van der Waals surface area contributed by atoms with Gasteiger partial charge in [-0.2, -0.15) is 5.10 Å². The molecule has 0 radical (unpaired) electrons. The number of halogens is 1. The van der Waals surface area contributed by atoms with E-state index in [2.05, 4.69) is 27.2 Å². The van der Waals surface area contributed by atoms with E-state index in [0.29, 0.717) is 28.2 Å². The summed E-state index contributed by atoms with van der Waals surface area (Å²) < 4.78 is 3.75. The highest BCUT2D eigenvalue weighted by molar-refractivity contribution is 7.99. The minimum atomic E-state index is -0.129. The molecule has 7 nitrogen and oxygen atoms in total. The van der Waals surface area contributed by atoms with Gasteiger partial charge in [-0.1, -0.05) is 29.4 Å². The van der Waals surface area contributed by atoms with Crippen molar-refractivity contribution in [2.24, 2.45) is 0 Å². The minimum Gasteiger partial charge on any atom is -0.325 e. The molecule has 27 heavy (non-hydrogen) atoms. The molecule has 3 aromatic rings. The molecule has 1 amide bonds. The molecule has 0 aliphatic carbocycles. The molecule has 0 saturated heterocycles. The monoisotopic (exact) mass is 402 g/mol. The van der Waals surface area contributed by atoms with Gasteiger partial charge in [0.1, 0.15) is 0 Å². The maximum atomic E-state index is 12.2. The van der Waals surface area contributed by atoms with Crippen LogP contribution in [0.15, 0.2) is 54.5 Å². The summed E-state index contributed by atoms with van der Waals surface area (Å²) >= 11 is 7.17. The quantitative estimate of drug-likeness (QED) is 0.458. The van der Waals surface area contributed by atoms with Crippen molar-refractivity contribution in [2.45, 2.75) is 25.2 Å². The van der Waals surface area contributed by atoms with Crippen LogP contribution in [0.1, 0.15) is 6.92 Å². The third kappa shape index (κ3) is 4.78. The first-order chi connectivity index (χ1) is 13.1. The van der Waals surface area contributed by atoms with Crippen LogP contribution < -0.4 is 5.32 Å². The third-order valence-corrected chi connectivity index (χ3v) is 4.92. The Labute approximate surface area is 166 Å². The summed E-state index contributed by atoms with van der Waals surface area (Å²) in [5, 5.41) is 16.9. The van der Waals surface area contributed by atoms with Crippen LogP contribution in [0.25, 0.3) is 11.4 Å². The zero-order valence-electron chi connectivity index (χ0n) is 14.8. The van der Waals surface area contributed by atoms with E-state index in [9.17, 15) is 4.79 Å². The van der Waals surface area contributed by atoms with Crippen molar-refractivity contribution < 1.29 is 4.79 Å². The van der Waals surface area contributed by atoms with Crippen molar-refractivity contribution in [3.63, 3.8) is 0 Å². The van der Waals surface area contributed by atoms with Crippen LogP contribution >= 0.6 is 23.4 Å². The zero-order chi connectivity index (χ0) is 19.2. The Morgan fingerprint density at radius 2 is 2.11 bits per heavy atom. The highest BCUT2D eigenvalue weighted by Crippen LogP contribution is 2.24. The fourth-order valence-corrected chi connectivity index (χ4v) is 3.29. The second-order valence-corrected chi connectivity index (χ2v) is 7.01. The maximum Gasteiger partial charge on any atom is 0.234 e. The van der Waals surface area contributed by atoms with Gasteiger partial charge in [0.05, 0.1) is 17.5 Å². The van der Waals surface area contributed by atoms with E-state index in [0.717, 1.165) is 12.1 Å². The van der Waals surface area contributed by atoms with Crippen LogP contribution in [0.2, 0.25) is 5.02 Å². The summed E-state index contributed by atoms with van der Waals surface area (Å²) in [4.78, 5) is 12.2.